The van der Waals surface area contributed by atoms with Gasteiger partial charge in [0.25, 0.3) is 0 Å². The minimum Gasteiger partial charge on any atom is -0.457 e. The third-order valence-electron chi connectivity index (χ3n) is 2.48. The van der Waals surface area contributed by atoms with Crippen molar-refractivity contribution < 1.29 is 9.53 Å². The number of carbonyl (C=O) groups excluding carboxylic acids is 1. The maximum absolute atomic E-state index is 11.4. The fraction of sp³-hybridized carbons (Fsp3) is 0.133. The fourth-order valence-electron chi connectivity index (χ4n) is 1.65. The van der Waals surface area contributed by atoms with E-state index in [2.05, 4.69) is 0 Å². The molecule has 0 spiro atoms. The van der Waals surface area contributed by atoms with Gasteiger partial charge in [0.1, 0.15) is 11.5 Å². The molecule has 0 saturated heterocycles. The molecule has 86 valence electrons. The highest BCUT2D eigenvalue weighted by Crippen LogP contribution is 2.25. The van der Waals surface area contributed by atoms with E-state index >= 15 is 0 Å². The van der Waals surface area contributed by atoms with Crippen molar-refractivity contribution in [2.75, 3.05) is 0 Å². The normalized spacial score (nSPS) is 10.0. The molecule has 0 saturated carbocycles. The zero-order chi connectivity index (χ0) is 12.3. The summed E-state index contributed by atoms with van der Waals surface area (Å²) in [5, 5.41) is 0. The lowest BCUT2D eigenvalue weighted by Crippen LogP contribution is -1.96. The maximum atomic E-state index is 11.4. The molecule has 0 aromatic heterocycles. The highest BCUT2D eigenvalue weighted by molar-refractivity contribution is 5.96. The summed E-state index contributed by atoms with van der Waals surface area (Å²) in [4.78, 5) is 11.4. The molecule has 0 amide bonds. The van der Waals surface area contributed by atoms with Crippen LogP contribution in [0.1, 0.15) is 22.8 Å². The van der Waals surface area contributed by atoms with E-state index in [-0.39, 0.29) is 5.78 Å². The smallest absolute Gasteiger partial charge is 0.163 e. The van der Waals surface area contributed by atoms with Gasteiger partial charge < -0.3 is 4.74 Å². The van der Waals surface area contributed by atoms with Crippen LogP contribution in [0.3, 0.4) is 0 Å². The Bertz CT molecular complexity index is 544. The second-order valence-electron chi connectivity index (χ2n) is 3.97. The molecule has 0 heterocycles. The minimum absolute atomic E-state index is 0.00764. The Morgan fingerprint density at radius 1 is 1.06 bits per heavy atom. The molecule has 0 fully saturated rings. The van der Waals surface area contributed by atoms with Crippen molar-refractivity contribution in [1.29, 1.82) is 0 Å². The lowest BCUT2D eigenvalue weighted by molar-refractivity contribution is 0.101. The third-order valence-corrected chi connectivity index (χ3v) is 2.48. The first kappa shape index (κ1) is 11.4. The van der Waals surface area contributed by atoms with Gasteiger partial charge in [-0.15, -0.1) is 0 Å². The Morgan fingerprint density at radius 2 is 1.82 bits per heavy atom. The largest absolute Gasteiger partial charge is 0.457 e. The second kappa shape index (κ2) is 4.83. The van der Waals surface area contributed by atoms with Gasteiger partial charge in [0.15, 0.2) is 5.78 Å². The van der Waals surface area contributed by atoms with E-state index < -0.39 is 0 Å². The van der Waals surface area contributed by atoms with Crippen LogP contribution in [0.25, 0.3) is 0 Å². The molecular formula is C15H14O2. The number of hydrogen-bond acceptors (Lipinski definition) is 2. The van der Waals surface area contributed by atoms with Crippen molar-refractivity contribution in [2.24, 2.45) is 0 Å². The number of ketones is 1. The fourth-order valence-corrected chi connectivity index (χ4v) is 1.65. The van der Waals surface area contributed by atoms with E-state index in [0.29, 0.717) is 11.3 Å². The average molecular weight is 226 g/mol. The summed E-state index contributed by atoms with van der Waals surface area (Å²) in [5.41, 5.74) is 1.73. The molecule has 2 aromatic carbocycles. The first-order chi connectivity index (χ1) is 8.16. The molecule has 2 aromatic rings. The maximum Gasteiger partial charge on any atom is 0.163 e. The number of aryl methyl sites for hydroxylation is 1. The van der Waals surface area contributed by atoms with Crippen LogP contribution in [-0.2, 0) is 0 Å². The molecule has 0 bridgehead atoms. The molecule has 17 heavy (non-hydrogen) atoms. The SMILES string of the molecule is CC(=O)c1ccccc1Oc1cccc(C)c1. The topological polar surface area (TPSA) is 26.3 Å². The van der Waals surface area contributed by atoms with Gasteiger partial charge in [-0.1, -0.05) is 24.3 Å². The Balaban J connectivity index is 2.33. The summed E-state index contributed by atoms with van der Waals surface area (Å²) in [6.07, 6.45) is 0. The Kier molecular flexibility index (Phi) is 3.24. The van der Waals surface area contributed by atoms with Crippen LogP contribution in [0.15, 0.2) is 48.5 Å². The molecule has 0 aliphatic carbocycles. The average Bonchev–Trinajstić information content (AvgIpc) is 2.29. The summed E-state index contributed by atoms with van der Waals surface area (Å²) in [7, 11) is 0. The second-order valence-corrected chi connectivity index (χ2v) is 3.97. The van der Waals surface area contributed by atoms with Crippen LogP contribution in [0.5, 0.6) is 11.5 Å². The Morgan fingerprint density at radius 3 is 2.53 bits per heavy atom. The van der Waals surface area contributed by atoms with Crippen LogP contribution in [-0.4, -0.2) is 5.78 Å². The lowest BCUT2D eigenvalue weighted by atomic mass is 10.1. The summed E-state index contributed by atoms with van der Waals surface area (Å²) in [6.45, 7) is 3.54. The van der Waals surface area contributed by atoms with Crippen LogP contribution < -0.4 is 4.74 Å². The van der Waals surface area contributed by atoms with Gasteiger partial charge in [-0.3, -0.25) is 4.79 Å². The van der Waals surface area contributed by atoms with Gasteiger partial charge in [0, 0.05) is 0 Å². The Labute approximate surface area is 101 Å². The minimum atomic E-state index is 0.00764. The Hall–Kier alpha value is -2.09. The van der Waals surface area contributed by atoms with Crippen LogP contribution in [0.4, 0.5) is 0 Å². The predicted octanol–water partition coefficient (Wildman–Crippen LogP) is 3.99. The lowest BCUT2D eigenvalue weighted by Gasteiger charge is -2.09. The van der Waals surface area contributed by atoms with Gasteiger partial charge >= 0.3 is 0 Å². The summed E-state index contributed by atoms with van der Waals surface area (Å²) in [5.74, 6) is 1.36. The van der Waals surface area contributed by atoms with E-state index in [4.69, 9.17) is 4.74 Å². The standard InChI is InChI=1S/C15H14O2/c1-11-6-5-7-13(10-11)17-15-9-4-3-8-14(15)12(2)16/h3-10H,1-2H3. The first-order valence-corrected chi connectivity index (χ1v) is 5.51. The monoisotopic (exact) mass is 226 g/mol. The van der Waals surface area contributed by atoms with Gasteiger partial charge in [-0.2, -0.15) is 0 Å². The van der Waals surface area contributed by atoms with E-state index in [1.807, 2.05) is 43.3 Å². The zero-order valence-electron chi connectivity index (χ0n) is 9.94. The highest BCUT2D eigenvalue weighted by Gasteiger charge is 2.08. The van der Waals surface area contributed by atoms with Crippen molar-refractivity contribution in [3.8, 4) is 11.5 Å². The van der Waals surface area contributed by atoms with Gasteiger partial charge in [0.2, 0.25) is 0 Å². The van der Waals surface area contributed by atoms with E-state index in [9.17, 15) is 4.79 Å². The van der Waals surface area contributed by atoms with Crippen molar-refractivity contribution in [2.45, 2.75) is 13.8 Å². The number of benzene rings is 2. The number of Topliss-reactive ketones (excluding diaryl/α,β-unsaturated/α-hetero) is 1. The molecule has 2 heteroatoms. The van der Waals surface area contributed by atoms with Crippen LogP contribution in [0.2, 0.25) is 0 Å². The van der Waals surface area contributed by atoms with E-state index in [0.717, 1.165) is 11.3 Å². The van der Waals surface area contributed by atoms with E-state index in [1.165, 1.54) is 0 Å². The summed E-state index contributed by atoms with van der Waals surface area (Å²) >= 11 is 0. The molecule has 2 nitrogen and oxygen atoms in total. The van der Waals surface area contributed by atoms with Gasteiger partial charge in [-0.25, -0.2) is 0 Å². The van der Waals surface area contributed by atoms with Gasteiger partial charge in [-0.05, 0) is 43.7 Å². The van der Waals surface area contributed by atoms with E-state index in [1.54, 1.807) is 19.1 Å². The predicted molar refractivity (Wildman–Crippen MR) is 67.7 cm³/mol. The first-order valence-electron chi connectivity index (χ1n) is 5.51. The van der Waals surface area contributed by atoms with Crippen molar-refractivity contribution in [1.82, 2.24) is 0 Å². The zero-order valence-corrected chi connectivity index (χ0v) is 9.94. The molecule has 0 radical (unpaired) electrons. The van der Waals surface area contributed by atoms with Crippen molar-refractivity contribution >= 4 is 5.78 Å². The molecule has 0 aliphatic rings. The summed E-state index contributed by atoms with van der Waals surface area (Å²) in [6, 6.07) is 15.0. The van der Waals surface area contributed by atoms with Crippen molar-refractivity contribution in [3.63, 3.8) is 0 Å². The molecule has 0 atom stereocenters. The number of para-hydroxylation sites is 1. The molecule has 0 aliphatic heterocycles. The molecular weight excluding hydrogens is 212 g/mol. The third kappa shape index (κ3) is 2.72. The molecule has 2 rings (SSSR count). The van der Waals surface area contributed by atoms with Crippen LogP contribution in [0, 0.1) is 6.92 Å². The number of ether oxygens (including phenoxy) is 1. The molecule has 0 unspecified atom stereocenters. The van der Waals surface area contributed by atoms with Crippen molar-refractivity contribution in [3.05, 3.63) is 59.7 Å². The number of carbonyl (C=O) groups is 1. The van der Waals surface area contributed by atoms with Crippen LogP contribution >= 0.6 is 0 Å². The van der Waals surface area contributed by atoms with Gasteiger partial charge in [0.05, 0.1) is 5.56 Å². The molecule has 0 N–H and O–H groups in total. The number of rotatable bonds is 3. The highest BCUT2D eigenvalue weighted by atomic mass is 16.5. The quantitative estimate of drug-likeness (QED) is 0.740. The summed E-state index contributed by atoms with van der Waals surface area (Å²) < 4.78 is 5.73. The number of hydrogen-bond donors (Lipinski definition) is 0.